The van der Waals surface area contributed by atoms with E-state index in [0.29, 0.717) is 39.5 Å². The van der Waals surface area contributed by atoms with E-state index in [9.17, 15) is 4.79 Å². The van der Waals surface area contributed by atoms with Crippen molar-refractivity contribution < 1.29 is 28.6 Å². The van der Waals surface area contributed by atoms with E-state index >= 15 is 0 Å². The summed E-state index contributed by atoms with van der Waals surface area (Å²) in [5.74, 6) is 1.03. The van der Waals surface area contributed by atoms with Crippen LogP contribution in [-0.4, -0.2) is 49.2 Å². The zero-order valence-electron chi connectivity index (χ0n) is 25.9. The van der Waals surface area contributed by atoms with Crippen LogP contribution in [0.25, 0.3) is 10.8 Å². The molecule has 0 radical (unpaired) electrons. The van der Waals surface area contributed by atoms with Crippen molar-refractivity contribution >= 4 is 16.9 Å². The number of carbonyl (C=O) groups is 1. The molecule has 2 atom stereocenters. The van der Waals surface area contributed by atoms with Crippen LogP contribution in [0.2, 0.25) is 0 Å². The molecule has 0 bridgehead atoms. The van der Waals surface area contributed by atoms with Gasteiger partial charge in [-0.25, -0.2) is 4.79 Å². The van der Waals surface area contributed by atoms with Gasteiger partial charge in [-0.1, -0.05) is 78.9 Å². The van der Waals surface area contributed by atoms with Crippen molar-refractivity contribution in [3.8, 4) is 5.75 Å². The predicted molar refractivity (Wildman–Crippen MR) is 171 cm³/mol. The third kappa shape index (κ3) is 9.55. The third-order valence-corrected chi connectivity index (χ3v) is 7.51. The Morgan fingerprint density at radius 1 is 0.818 bits per heavy atom. The summed E-state index contributed by atoms with van der Waals surface area (Å²) in [6.07, 6.45) is 0.736. The van der Waals surface area contributed by atoms with Crippen LogP contribution in [0.1, 0.15) is 56.2 Å². The Morgan fingerprint density at radius 2 is 1.55 bits per heavy atom. The van der Waals surface area contributed by atoms with Gasteiger partial charge in [0.25, 0.3) is 0 Å². The molecule has 1 fully saturated rings. The SMILES string of the molecule is CC(C)(C)OC(=O)ON1CCC(c2ccc(COCCCOc3ccccc3)cc2)C(OCc2ccc3ccccc3c2)C1. The Morgan fingerprint density at radius 3 is 2.32 bits per heavy atom. The van der Waals surface area contributed by atoms with Gasteiger partial charge in [-0.15, -0.1) is 5.06 Å². The fraction of sp³-hybridized carbons (Fsp3) is 0.378. The highest BCUT2D eigenvalue weighted by Crippen LogP contribution is 2.32. The van der Waals surface area contributed by atoms with Crippen molar-refractivity contribution in [3.63, 3.8) is 0 Å². The molecule has 7 nitrogen and oxygen atoms in total. The van der Waals surface area contributed by atoms with E-state index in [2.05, 4.69) is 54.6 Å². The molecule has 4 aromatic rings. The van der Waals surface area contributed by atoms with E-state index in [1.807, 2.05) is 63.2 Å². The van der Waals surface area contributed by atoms with Gasteiger partial charge in [-0.2, -0.15) is 0 Å². The summed E-state index contributed by atoms with van der Waals surface area (Å²) in [5.41, 5.74) is 2.81. The van der Waals surface area contributed by atoms with Crippen LogP contribution in [0.15, 0.2) is 97.1 Å². The van der Waals surface area contributed by atoms with E-state index in [1.54, 1.807) is 5.06 Å². The van der Waals surface area contributed by atoms with Crippen molar-refractivity contribution in [2.75, 3.05) is 26.3 Å². The van der Waals surface area contributed by atoms with Gasteiger partial charge in [-0.05, 0) is 72.9 Å². The number of hydrogen-bond acceptors (Lipinski definition) is 7. The molecule has 4 aromatic carbocycles. The van der Waals surface area contributed by atoms with Gasteiger partial charge in [0.05, 0.1) is 39.1 Å². The lowest BCUT2D eigenvalue weighted by Crippen LogP contribution is -2.45. The average Bonchev–Trinajstić information content (AvgIpc) is 3.01. The second-order valence-electron chi connectivity index (χ2n) is 12.2. The van der Waals surface area contributed by atoms with Crippen molar-refractivity contribution in [1.29, 1.82) is 0 Å². The molecule has 0 aliphatic carbocycles. The third-order valence-electron chi connectivity index (χ3n) is 7.51. The molecule has 1 aliphatic rings. The molecule has 1 saturated heterocycles. The number of hydrogen-bond donors (Lipinski definition) is 0. The van der Waals surface area contributed by atoms with E-state index < -0.39 is 11.8 Å². The average molecular weight is 598 g/mol. The molecule has 0 amide bonds. The largest absolute Gasteiger partial charge is 0.528 e. The molecule has 0 saturated carbocycles. The monoisotopic (exact) mass is 597 g/mol. The van der Waals surface area contributed by atoms with Gasteiger partial charge >= 0.3 is 6.16 Å². The van der Waals surface area contributed by atoms with E-state index in [-0.39, 0.29) is 12.0 Å². The molecule has 1 heterocycles. The van der Waals surface area contributed by atoms with Crippen LogP contribution in [0, 0.1) is 0 Å². The van der Waals surface area contributed by atoms with Crippen LogP contribution in [0.5, 0.6) is 5.75 Å². The highest BCUT2D eigenvalue weighted by Gasteiger charge is 2.34. The summed E-state index contributed by atoms with van der Waals surface area (Å²) >= 11 is 0. The minimum Gasteiger partial charge on any atom is -0.494 e. The number of benzene rings is 4. The van der Waals surface area contributed by atoms with Crippen LogP contribution < -0.4 is 4.74 Å². The number of ether oxygens (including phenoxy) is 4. The number of carbonyl (C=O) groups excluding carboxylic acids is 1. The van der Waals surface area contributed by atoms with Crippen molar-refractivity contribution in [1.82, 2.24) is 5.06 Å². The number of rotatable bonds is 12. The van der Waals surface area contributed by atoms with Crippen molar-refractivity contribution in [2.45, 2.75) is 64.4 Å². The topological polar surface area (TPSA) is 66.5 Å². The van der Waals surface area contributed by atoms with E-state index in [1.165, 1.54) is 16.3 Å². The fourth-order valence-corrected chi connectivity index (χ4v) is 5.35. The molecule has 1 aliphatic heterocycles. The van der Waals surface area contributed by atoms with Crippen molar-refractivity contribution in [3.05, 3.63) is 114 Å². The maximum atomic E-state index is 12.4. The maximum absolute atomic E-state index is 12.4. The summed E-state index contributed by atoms with van der Waals surface area (Å²) in [4.78, 5) is 18.0. The van der Waals surface area contributed by atoms with Crippen LogP contribution in [0.4, 0.5) is 4.79 Å². The molecule has 0 spiro atoms. The van der Waals surface area contributed by atoms with Gasteiger partial charge in [0.2, 0.25) is 0 Å². The first-order valence-electron chi connectivity index (χ1n) is 15.4. The molecular formula is C37H43NO6. The first-order chi connectivity index (χ1) is 21.3. The number of hydroxylamine groups is 2. The Labute approximate surface area is 260 Å². The summed E-state index contributed by atoms with van der Waals surface area (Å²) in [6.45, 7) is 8.79. The first-order valence-corrected chi connectivity index (χ1v) is 15.4. The maximum Gasteiger partial charge on any atom is 0.528 e. The molecule has 0 aromatic heterocycles. The molecule has 5 rings (SSSR count). The fourth-order valence-electron chi connectivity index (χ4n) is 5.35. The number of fused-ring (bicyclic) bond motifs is 1. The number of nitrogens with zero attached hydrogens (tertiary/aromatic N) is 1. The lowest BCUT2D eigenvalue weighted by atomic mass is 9.87. The lowest BCUT2D eigenvalue weighted by molar-refractivity contribution is -0.179. The second kappa shape index (κ2) is 15.2. The first kappa shape index (κ1) is 31.5. The zero-order chi connectivity index (χ0) is 30.8. The Kier molecular flexibility index (Phi) is 10.9. The lowest BCUT2D eigenvalue weighted by Gasteiger charge is -2.37. The normalized spacial score (nSPS) is 17.3. The number of para-hydroxylation sites is 1. The standard InChI is InChI=1S/C37H43NO6/c1-37(2,3)43-36(39)44-38-21-20-34(35(25-38)42-27-29-16-17-30-10-7-8-11-32(30)24-29)31-18-14-28(15-19-31)26-40-22-9-23-41-33-12-5-4-6-13-33/h4-8,10-19,24,34-35H,9,20-23,25-27H2,1-3H3. The smallest absolute Gasteiger partial charge is 0.494 e. The minimum absolute atomic E-state index is 0.152. The van der Waals surface area contributed by atoms with Gasteiger partial charge in [-0.3, -0.25) is 0 Å². The van der Waals surface area contributed by atoms with Gasteiger partial charge in [0.15, 0.2) is 0 Å². The summed E-state index contributed by atoms with van der Waals surface area (Å²) in [6, 6.07) is 33.1. The molecule has 7 heteroatoms. The van der Waals surface area contributed by atoms with Crippen molar-refractivity contribution in [2.24, 2.45) is 0 Å². The van der Waals surface area contributed by atoms with Crippen LogP contribution in [-0.2, 0) is 32.3 Å². The molecular weight excluding hydrogens is 554 g/mol. The Bertz CT molecular complexity index is 1470. The molecule has 0 N–H and O–H groups in total. The number of piperidine rings is 1. The van der Waals surface area contributed by atoms with E-state index in [4.69, 9.17) is 23.8 Å². The zero-order valence-corrected chi connectivity index (χ0v) is 25.9. The van der Waals surface area contributed by atoms with Gasteiger partial charge in [0, 0.05) is 18.9 Å². The summed E-state index contributed by atoms with van der Waals surface area (Å²) < 4.78 is 23.6. The van der Waals surface area contributed by atoms with Crippen LogP contribution >= 0.6 is 0 Å². The van der Waals surface area contributed by atoms with Gasteiger partial charge < -0.3 is 23.8 Å². The summed E-state index contributed by atoms with van der Waals surface area (Å²) in [5, 5.41) is 4.05. The minimum atomic E-state index is -0.694. The Balaban J connectivity index is 1.17. The van der Waals surface area contributed by atoms with E-state index in [0.717, 1.165) is 29.7 Å². The Hall–Kier alpha value is -3.91. The quantitative estimate of drug-likeness (QED) is 0.121. The highest BCUT2D eigenvalue weighted by molar-refractivity contribution is 5.82. The molecule has 44 heavy (non-hydrogen) atoms. The molecule has 232 valence electrons. The predicted octanol–water partition coefficient (Wildman–Crippen LogP) is 8.07. The van der Waals surface area contributed by atoms with Gasteiger partial charge in [0.1, 0.15) is 11.4 Å². The van der Waals surface area contributed by atoms with Crippen LogP contribution in [0.3, 0.4) is 0 Å². The highest BCUT2D eigenvalue weighted by atomic mass is 16.8. The molecule has 2 unspecified atom stereocenters. The summed E-state index contributed by atoms with van der Waals surface area (Å²) in [7, 11) is 0. The second-order valence-corrected chi connectivity index (χ2v) is 12.2.